The van der Waals surface area contributed by atoms with E-state index in [2.05, 4.69) is 186 Å². The van der Waals surface area contributed by atoms with Gasteiger partial charge in [0.05, 0.1) is 26.4 Å². The first-order chi connectivity index (χ1) is 53.7. The van der Waals surface area contributed by atoms with E-state index in [0.29, 0.717) is 38.5 Å². The predicted octanol–water partition coefficient (Wildman–Crippen LogP) is 24.9. The van der Waals surface area contributed by atoms with E-state index in [-0.39, 0.29) is 25.7 Å². The van der Waals surface area contributed by atoms with Crippen molar-refractivity contribution in [1.29, 1.82) is 0 Å². The number of allylic oxidation sites excluding steroid dienone is 32. The summed E-state index contributed by atoms with van der Waals surface area (Å²) in [6.45, 7) is 4.40. The zero-order chi connectivity index (χ0) is 80.3. The molecule has 0 aromatic heterocycles. The number of rotatable bonds is 76. The highest BCUT2D eigenvalue weighted by molar-refractivity contribution is 7.47. The van der Waals surface area contributed by atoms with Gasteiger partial charge in [-0.1, -0.05) is 318 Å². The second kappa shape index (κ2) is 80.9. The van der Waals surface area contributed by atoms with E-state index < -0.39 is 97.5 Å². The van der Waals surface area contributed by atoms with Crippen molar-refractivity contribution in [3.63, 3.8) is 0 Å². The minimum atomic E-state index is -5.02. The molecule has 0 rings (SSSR count). The number of hydrogen-bond acceptors (Lipinski definition) is 15. The first-order valence-electron chi connectivity index (χ1n) is 41.7. The number of esters is 4. The molecule has 5 atom stereocenters. The Balaban J connectivity index is 5.54. The maximum atomic E-state index is 13.1. The molecule has 0 aliphatic carbocycles. The first kappa shape index (κ1) is 104. The molecule has 0 amide bonds. The normalized spacial score (nSPS) is 14.8. The lowest BCUT2D eigenvalue weighted by molar-refractivity contribution is -0.161. The van der Waals surface area contributed by atoms with Crippen LogP contribution in [0.1, 0.15) is 297 Å². The lowest BCUT2D eigenvalue weighted by atomic mass is 10.0. The van der Waals surface area contributed by atoms with Gasteiger partial charge in [-0.15, -0.1) is 0 Å². The molecular formula is C91H146O17P2. The third-order valence-corrected chi connectivity index (χ3v) is 18.5. The largest absolute Gasteiger partial charge is 0.472 e. The molecule has 0 aliphatic rings. The minimum absolute atomic E-state index is 0.0216. The molecule has 0 spiro atoms. The van der Waals surface area contributed by atoms with E-state index in [1.807, 2.05) is 36.5 Å². The number of carbonyl (C=O) groups is 4. The minimum Gasteiger partial charge on any atom is -0.462 e. The molecule has 0 saturated carbocycles. The van der Waals surface area contributed by atoms with E-state index >= 15 is 0 Å². The Bertz CT molecular complexity index is 2850. The van der Waals surface area contributed by atoms with E-state index in [1.165, 1.54) is 70.6 Å². The number of hydrogen-bond donors (Lipinski definition) is 3. The molecule has 3 N–H and O–H groups in total. The van der Waals surface area contributed by atoms with E-state index in [4.69, 9.17) is 37.0 Å². The fourth-order valence-corrected chi connectivity index (χ4v) is 11.9. The smallest absolute Gasteiger partial charge is 0.462 e. The van der Waals surface area contributed by atoms with Crippen molar-refractivity contribution in [1.82, 2.24) is 0 Å². The van der Waals surface area contributed by atoms with Crippen LogP contribution in [0.4, 0.5) is 0 Å². The van der Waals surface area contributed by atoms with Crippen molar-refractivity contribution in [2.75, 3.05) is 39.6 Å². The van der Waals surface area contributed by atoms with Crippen LogP contribution in [0, 0.1) is 0 Å². The molecule has 0 aromatic rings. The summed E-state index contributed by atoms with van der Waals surface area (Å²) in [4.78, 5) is 73.1. The Labute approximate surface area is 666 Å². The van der Waals surface area contributed by atoms with Gasteiger partial charge in [0.1, 0.15) is 19.3 Å². The van der Waals surface area contributed by atoms with Crippen LogP contribution in [0.25, 0.3) is 0 Å². The van der Waals surface area contributed by atoms with Gasteiger partial charge in [0.15, 0.2) is 12.2 Å². The van der Waals surface area contributed by atoms with Crippen molar-refractivity contribution in [3.05, 3.63) is 194 Å². The molecule has 0 bridgehead atoms. The average Bonchev–Trinajstić information content (AvgIpc) is 0.942. The number of phosphoric ester groups is 2. The van der Waals surface area contributed by atoms with Crippen LogP contribution >= 0.6 is 15.6 Å². The van der Waals surface area contributed by atoms with Gasteiger partial charge in [-0.2, -0.15) is 0 Å². The molecule has 19 heteroatoms. The molecule has 0 aliphatic heterocycles. The summed E-state index contributed by atoms with van der Waals surface area (Å²) in [6, 6.07) is 0. The maximum absolute atomic E-state index is 13.1. The van der Waals surface area contributed by atoms with Crippen molar-refractivity contribution in [2.45, 2.75) is 316 Å². The van der Waals surface area contributed by atoms with Gasteiger partial charge in [0.25, 0.3) is 0 Å². The van der Waals surface area contributed by atoms with E-state index in [0.717, 1.165) is 135 Å². The monoisotopic (exact) mass is 1570 g/mol. The first-order valence-corrected chi connectivity index (χ1v) is 44.7. The van der Waals surface area contributed by atoms with Crippen LogP contribution in [0.2, 0.25) is 0 Å². The molecule has 0 heterocycles. The van der Waals surface area contributed by atoms with Crippen LogP contribution in [-0.4, -0.2) is 96.7 Å². The fraction of sp³-hybridized carbons (Fsp3) is 0.604. The average molecular weight is 1570 g/mol. The third kappa shape index (κ3) is 80.0. The van der Waals surface area contributed by atoms with Crippen LogP contribution < -0.4 is 0 Å². The molecule has 0 radical (unpaired) electrons. The number of phosphoric acid groups is 2. The second-order valence-corrected chi connectivity index (χ2v) is 29.9. The maximum Gasteiger partial charge on any atom is 0.472 e. The molecule has 17 nitrogen and oxygen atoms in total. The van der Waals surface area contributed by atoms with Gasteiger partial charge in [-0.25, -0.2) is 9.13 Å². The Kier molecular flexibility index (Phi) is 76.4. The number of aliphatic hydroxyl groups excluding tert-OH is 1. The highest BCUT2D eigenvalue weighted by Gasteiger charge is 2.30. The summed E-state index contributed by atoms with van der Waals surface area (Å²) in [5.41, 5.74) is 0. The molecule has 2 unspecified atom stereocenters. The Hall–Kier alpha value is -6.10. The van der Waals surface area contributed by atoms with Crippen molar-refractivity contribution >= 4 is 39.5 Å². The number of ether oxygens (including phenoxy) is 4. The third-order valence-electron chi connectivity index (χ3n) is 16.6. The zero-order valence-corrected chi connectivity index (χ0v) is 69.9. The summed E-state index contributed by atoms with van der Waals surface area (Å²) >= 11 is 0. The Morgan fingerprint density at radius 1 is 0.264 bits per heavy atom. The van der Waals surface area contributed by atoms with Gasteiger partial charge in [-0.05, 0) is 148 Å². The summed E-state index contributed by atoms with van der Waals surface area (Å²) < 4.78 is 68.5. The molecule has 0 fully saturated rings. The summed E-state index contributed by atoms with van der Waals surface area (Å²) in [5, 5.41) is 10.7. The molecule has 0 saturated heterocycles. The van der Waals surface area contributed by atoms with Crippen LogP contribution in [0.3, 0.4) is 0 Å². The second-order valence-electron chi connectivity index (χ2n) is 27.0. The highest BCUT2D eigenvalue weighted by atomic mass is 31.2. The zero-order valence-electron chi connectivity index (χ0n) is 68.1. The molecular weight excluding hydrogens is 1430 g/mol. The van der Waals surface area contributed by atoms with Crippen molar-refractivity contribution in [3.8, 4) is 0 Å². The Morgan fingerprint density at radius 2 is 0.491 bits per heavy atom. The number of carbonyl (C=O) groups excluding carboxylic acids is 4. The number of aliphatic hydroxyl groups is 1. The van der Waals surface area contributed by atoms with E-state index in [1.54, 1.807) is 0 Å². The summed E-state index contributed by atoms with van der Waals surface area (Å²) in [7, 11) is -10.0. The molecule has 0 aromatic carbocycles. The predicted molar refractivity (Wildman–Crippen MR) is 454 cm³/mol. The standard InChI is InChI=1S/C91H146O17P2/c1-5-9-13-17-21-25-29-33-36-39-42-45-48-52-55-59-63-67-71-75-88(93)101-81-86(107-90(95)77-73-69-65-61-57-51-32-28-24-20-16-12-8-4)83-105-109(97,98)103-79-85(92)80-104-110(99,100)106-84-87(108-91(96)78-74-70-66-62-58-54-50-47-44-41-38-35-31-27-23-19-15-11-7-3)82-102-89(94)76-72-68-64-60-56-53-49-46-43-40-37-34-30-26-22-18-14-10-6-2/h9,11,13,15,21-23,25-27,33-38,42-47,52-56,58,63-64,67-68,85-87,92H,5-8,10,12,14,16-20,24,28-32,39-41,48-51,57,59-62,65-66,69-84H2,1-4H3,(H,97,98)(H,99,100)/b13-9-,15-11-,25-21-,26-22-,27-23-,36-33-,37-34-,38-35-,45-42-,46-43-,47-44-,55-52-,56-53-,58-54-,67-63-,68-64-/t85-,86-,87-/m1/s1. The van der Waals surface area contributed by atoms with Gasteiger partial charge in [0.2, 0.25) is 0 Å². The summed E-state index contributed by atoms with van der Waals surface area (Å²) in [5.74, 6) is -2.42. The van der Waals surface area contributed by atoms with Crippen molar-refractivity contribution < 1.29 is 80.2 Å². The van der Waals surface area contributed by atoms with Crippen LogP contribution in [-0.2, 0) is 65.4 Å². The SMILES string of the molecule is CC/C=C\C/C=C\C/C=C\C/C=C\C/C=C\C/C=C\CCC(=O)OC[C@H](COP(=O)(O)OC[C@@H](O)COP(=O)(O)OC[C@@H](COC(=O)CC/C=C\C/C=C\C/C=C\C/C=C\C/C=C\CCCCC)OC(=O)CCCCC/C=C\C/C=C\C/C=C\C/C=C\C/C=C\CC)OC(=O)CCCCCCCCCCCCCCC. The lowest BCUT2D eigenvalue weighted by Gasteiger charge is -2.21. The lowest BCUT2D eigenvalue weighted by Crippen LogP contribution is -2.30. The van der Waals surface area contributed by atoms with Gasteiger partial charge in [-0.3, -0.25) is 37.3 Å². The quantitative estimate of drug-likeness (QED) is 0.0169. The Morgan fingerprint density at radius 3 is 0.782 bits per heavy atom. The van der Waals surface area contributed by atoms with Crippen LogP contribution in [0.5, 0.6) is 0 Å². The highest BCUT2D eigenvalue weighted by Crippen LogP contribution is 2.45. The van der Waals surface area contributed by atoms with Gasteiger partial charge < -0.3 is 33.8 Å². The fourth-order valence-electron chi connectivity index (χ4n) is 10.3. The number of unbranched alkanes of at least 4 members (excludes halogenated alkanes) is 18. The van der Waals surface area contributed by atoms with Crippen LogP contribution in [0.15, 0.2) is 194 Å². The molecule has 622 valence electrons. The summed E-state index contributed by atoms with van der Waals surface area (Å²) in [6.07, 6.45) is 100. The van der Waals surface area contributed by atoms with Crippen molar-refractivity contribution in [2.24, 2.45) is 0 Å². The van der Waals surface area contributed by atoms with Gasteiger partial charge >= 0.3 is 39.5 Å². The van der Waals surface area contributed by atoms with E-state index in [9.17, 15) is 43.2 Å². The molecule has 110 heavy (non-hydrogen) atoms. The van der Waals surface area contributed by atoms with Gasteiger partial charge in [0, 0.05) is 25.7 Å². The topological polar surface area (TPSA) is 237 Å².